The average Bonchev–Trinajstić information content (AvgIpc) is 2.42. The Kier molecular flexibility index (Phi) is 5.61. The van der Waals surface area contributed by atoms with Crippen molar-refractivity contribution < 1.29 is 24.4 Å². The number of nitrogens with one attached hydrogen (secondary N) is 1. The van der Waals surface area contributed by atoms with Crippen LogP contribution in [0, 0.1) is 10.1 Å². The number of carbonyl (C=O) groups excluding carboxylic acids is 1. The summed E-state index contributed by atoms with van der Waals surface area (Å²) in [6, 6.07) is 3.61. The average molecular weight is 297 g/mol. The molecular formula is C12H15N3O6. The number of aliphatic carboxylic acids is 1. The predicted octanol–water partition coefficient (Wildman–Crippen LogP) is 0.595. The Hall–Kier alpha value is -2.68. The monoisotopic (exact) mass is 297 g/mol. The number of non-ortho nitro benzene ring substituents is 1. The third kappa shape index (κ3) is 4.73. The zero-order valence-electron chi connectivity index (χ0n) is 11.2. The summed E-state index contributed by atoms with van der Waals surface area (Å²) in [6.45, 7) is 0.112. The highest BCUT2D eigenvalue weighted by molar-refractivity contribution is 5.99. The number of benzene rings is 1. The van der Waals surface area contributed by atoms with E-state index in [0.29, 0.717) is 0 Å². The maximum absolute atomic E-state index is 11.3. The normalized spacial score (nSPS) is 11.7. The number of primary amides is 1. The second-order valence-corrected chi connectivity index (χ2v) is 4.19. The van der Waals surface area contributed by atoms with Gasteiger partial charge in [0, 0.05) is 31.5 Å². The van der Waals surface area contributed by atoms with Gasteiger partial charge < -0.3 is 20.9 Å². The summed E-state index contributed by atoms with van der Waals surface area (Å²) in [5.74, 6) is -1.85. The number of anilines is 1. The number of nitro groups is 1. The van der Waals surface area contributed by atoms with Crippen LogP contribution in [0.25, 0.3) is 0 Å². The van der Waals surface area contributed by atoms with Gasteiger partial charge >= 0.3 is 5.97 Å². The molecule has 0 heterocycles. The number of rotatable bonds is 8. The molecule has 1 aromatic rings. The number of nitrogens with zero attached hydrogens (tertiary/aromatic N) is 1. The van der Waals surface area contributed by atoms with Crippen molar-refractivity contribution in [2.45, 2.75) is 12.5 Å². The smallest absolute Gasteiger partial charge is 0.306 e. The first kappa shape index (κ1) is 16.4. The maximum atomic E-state index is 11.3. The summed E-state index contributed by atoms with van der Waals surface area (Å²) < 4.78 is 4.98. The van der Waals surface area contributed by atoms with Crippen LogP contribution in [-0.4, -0.2) is 41.7 Å². The van der Waals surface area contributed by atoms with E-state index in [2.05, 4.69) is 5.32 Å². The van der Waals surface area contributed by atoms with Crippen molar-refractivity contribution in [2.24, 2.45) is 5.73 Å². The summed E-state index contributed by atoms with van der Waals surface area (Å²) in [4.78, 5) is 32.0. The Morgan fingerprint density at radius 3 is 2.67 bits per heavy atom. The molecule has 21 heavy (non-hydrogen) atoms. The molecule has 1 rings (SSSR count). The highest BCUT2D eigenvalue weighted by Gasteiger charge is 2.17. The fraction of sp³-hybridized carbons (Fsp3) is 0.333. The van der Waals surface area contributed by atoms with Gasteiger partial charge in [-0.2, -0.15) is 0 Å². The van der Waals surface area contributed by atoms with E-state index >= 15 is 0 Å². The van der Waals surface area contributed by atoms with Crippen LogP contribution >= 0.6 is 0 Å². The Labute approximate surface area is 119 Å². The van der Waals surface area contributed by atoms with Gasteiger partial charge in [0.05, 0.1) is 23.0 Å². The summed E-state index contributed by atoms with van der Waals surface area (Å²) in [6.07, 6.45) is -0.832. The fourth-order valence-corrected chi connectivity index (χ4v) is 1.66. The zero-order valence-corrected chi connectivity index (χ0v) is 11.2. The van der Waals surface area contributed by atoms with Crippen molar-refractivity contribution in [1.29, 1.82) is 0 Å². The van der Waals surface area contributed by atoms with Crippen LogP contribution in [0.4, 0.5) is 11.4 Å². The number of carbonyl (C=O) groups is 2. The molecule has 0 saturated carbocycles. The lowest BCUT2D eigenvalue weighted by atomic mass is 10.1. The number of nitro benzene ring substituents is 1. The third-order valence-electron chi connectivity index (χ3n) is 2.74. The number of hydrogen-bond acceptors (Lipinski definition) is 6. The third-order valence-corrected chi connectivity index (χ3v) is 2.74. The molecule has 0 saturated heterocycles. The van der Waals surface area contributed by atoms with E-state index in [1.54, 1.807) is 0 Å². The molecule has 1 amide bonds. The Balaban J connectivity index is 2.89. The number of ether oxygens (including phenoxy) is 1. The molecule has 0 aliphatic rings. The minimum atomic E-state index is -1.03. The van der Waals surface area contributed by atoms with Crippen LogP contribution in [-0.2, 0) is 9.53 Å². The standard InChI is InChI=1S/C12H15N3O6/c1-21-8(5-11(16)17)6-14-10-3-2-7(15(19)20)4-9(10)12(13)18/h2-4,8,14H,5-6H2,1H3,(H2,13,18)(H,16,17). The molecule has 1 atom stereocenters. The lowest BCUT2D eigenvalue weighted by Gasteiger charge is -2.16. The molecule has 114 valence electrons. The number of carboxylic acids is 1. The summed E-state index contributed by atoms with van der Waals surface area (Å²) in [5.41, 5.74) is 5.15. The zero-order chi connectivity index (χ0) is 16.0. The molecular weight excluding hydrogens is 282 g/mol. The number of nitrogens with two attached hydrogens (primary N) is 1. The van der Waals surface area contributed by atoms with Gasteiger partial charge in [0.25, 0.3) is 11.6 Å². The molecule has 0 bridgehead atoms. The minimum absolute atomic E-state index is 0.0469. The Morgan fingerprint density at radius 2 is 2.19 bits per heavy atom. The lowest BCUT2D eigenvalue weighted by Crippen LogP contribution is -2.26. The molecule has 9 nitrogen and oxygen atoms in total. The predicted molar refractivity (Wildman–Crippen MR) is 73.2 cm³/mol. The number of hydrogen-bond donors (Lipinski definition) is 3. The molecule has 1 unspecified atom stereocenters. The molecule has 4 N–H and O–H groups in total. The van der Waals surface area contributed by atoms with Gasteiger partial charge in [-0.05, 0) is 6.07 Å². The quantitative estimate of drug-likeness (QED) is 0.470. The Bertz CT molecular complexity index is 560. The van der Waals surface area contributed by atoms with Gasteiger partial charge in [-0.3, -0.25) is 19.7 Å². The first-order valence-corrected chi connectivity index (χ1v) is 5.91. The van der Waals surface area contributed by atoms with Crippen molar-refractivity contribution in [3.8, 4) is 0 Å². The van der Waals surface area contributed by atoms with Crippen molar-refractivity contribution in [1.82, 2.24) is 0 Å². The first-order chi connectivity index (χ1) is 9.85. The van der Waals surface area contributed by atoms with E-state index in [9.17, 15) is 19.7 Å². The molecule has 9 heteroatoms. The van der Waals surface area contributed by atoms with Gasteiger partial charge in [0.2, 0.25) is 0 Å². The van der Waals surface area contributed by atoms with Gasteiger partial charge in [-0.1, -0.05) is 0 Å². The first-order valence-electron chi connectivity index (χ1n) is 5.91. The van der Waals surface area contributed by atoms with Crippen LogP contribution in [0.3, 0.4) is 0 Å². The van der Waals surface area contributed by atoms with Gasteiger partial charge in [0.15, 0.2) is 0 Å². The van der Waals surface area contributed by atoms with Gasteiger partial charge in [-0.25, -0.2) is 0 Å². The van der Waals surface area contributed by atoms with Crippen LogP contribution in [0.1, 0.15) is 16.8 Å². The Morgan fingerprint density at radius 1 is 1.52 bits per heavy atom. The number of methoxy groups -OCH3 is 1. The SMILES string of the molecule is COC(CNc1ccc([N+](=O)[O-])cc1C(N)=O)CC(=O)O. The molecule has 0 spiro atoms. The van der Waals surface area contributed by atoms with E-state index in [1.165, 1.54) is 19.2 Å². The largest absolute Gasteiger partial charge is 0.481 e. The van der Waals surface area contributed by atoms with Crippen molar-refractivity contribution in [3.05, 3.63) is 33.9 Å². The van der Waals surface area contributed by atoms with Crippen LogP contribution < -0.4 is 11.1 Å². The van der Waals surface area contributed by atoms with E-state index in [-0.39, 0.29) is 29.9 Å². The van der Waals surface area contributed by atoms with E-state index < -0.39 is 22.9 Å². The van der Waals surface area contributed by atoms with E-state index in [4.69, 9.17) is 15.6 Å². The van der Waals surface area contributed by atoms with Crippen LogP contribution in [0.5, 0.6) is 0 Å². The fourth-order valence-electron chi connectivity index (χ4n) is 1.66. The van der Waals surface area contributed by atoms with Gasteiger partial charge in [0.1, 0.15) is 0 Å². The number of carboxylic acid groups (broad SMARTS) is 1. The minimum Gasteiger partial charge on any atom is -0.481 e. The molecule has 0 fully saturated rings. The van der Waals surface area contributed by atoms with Crippen molar-refractivity contribution in [3.63, 3.8) is 0 Å². The summed E-state index contributed by atoms with van der Waals surface area (Å²) in [5, 5.41) is 22.2. The molecule has 0 aromatic heterocycles. The number of amides is 1. The molecule has 1 aromatic carbocycles. The van der Waals surface area contributed by atoms with Crippen molar-refractivity contribution in [2.75, 3.05) is 19.0 Å². The van der Waals surface area contributed by atoms with Crippen LogP contribution in [0.2, 0.25) is 0 Å². The highest BCUT2D eigenvalue weighted by Crippen LogP contribution is 2.22. The maximum Gasteiger partial charge on any atom is 0.306 e. The summed E-state index contributed by atoms with van der Waals surface area (Å²) in [7, 11) is 1.36. The van der Waals surface area contributed by atoms with E-state index in [0.717, 1.165) is 6.07 Å². The lowest BCUT2D eigenvalue weighted by molar-refractivity contribution is -0.384. The van der Waals surface area contributed by atoms with E-state index in [1.807, 2.05) is 0 Å². The highest BCUT2D eigenvalue weighted by atomic mass is 16.6. The van der Waals surface area contributed by atoms with Crippen molar-refractivity contribution >= 4 is 23.3 Å². The molecule has 0 aliphatic carbocycles. The van der Waals surface area contributed by atoms with Gasteiger partial charge in [-0.15, -0.1) is 0 Å². The molecule has 0 radical (unpaired) electrons. The van der Waals surface area contributed by atoms with Crippen LogP contribution in [0.15, 0.2) is 18.2 Å². The second-order valence-electron chi connectivity index (χ2n) is 4.19. The second kappa shape index (κ2) is 7.20. The molecule has 0 aliphatic heterocycles. The topological polar surface area (TPSA) is 145 Å². The summed E-state index contributed by atoms with van der Waals surface area (Å²) >= 11 is 0.